The lowest BCUT2D eigenvalue weighted by Crippen LogP contribution is -2.11. The van der Waals surface area contributed by atoms with Crippen molar-refractivity contribution in [3.63, 3.8) is 0 Å². The highest BCUT2D eigenvalue weighted by atomic mass is 19.4. The molecule has 0 aliphatic carbocycles. The summed E-state index contributed by atoms with van der Waals surface area (Å²) >= 11 is 0. The molecule has 0 saturated carbocycles. The summed E-state index contributed by atoms with van der Waals surface area (Å²) in [5.74, 6) is 0.207. The van der Waals surface area contributed by atoms with E-state index in [1.54, 1.807) is 24.3 Å². The quantitative estimate of drug-likeness (QED) is 0.503. The molecular formula is C19H13F3O4. The minimum atomic E-state index is -4.66. The predicted octanol–water partition coefficient (Wildman–Crippen LogP) is 4.59. The van der Waals surface area contributed by atoms with Gasteiger partial charge in [-0.2, -0.15) is 13.2 Å². The second-order valence-electron chi connectivity index (χ2n) is 5.68. The van der Waals surface area contributed by atoms with E-state index in [-0.39, 0.29) is 29.1 Å². The van der Waals surface area contributed by atoms with Crippen LogP contribution in [0.25, 0.3) is 11.0 Å². The maximum absolute atomic E-state index is 13.0. The maximum atomic E-state index is 13.0. The first-order chi connectivity index (χ1) is 12.2. The zero-order chi connectivity index (χ0) is 18.9. The van der Waals surface area contributed by atoms with E-state index in [4.69, 9.17) is 9.15 Å². The largest absolute Gasteiger partial charge is 0.489 e. The second-order valence-corrected chi connectivity index (χ2v) is 5.68. The third-order valence-corrected chi connectivity index (χ3v) is 3.79. The van der Waals surface area contributed by atoms with E-state index < -0.39 is 17.4 Å². The van der Waals surface area contributed by atoms with Gasteiger partial charge in [-0.25, -0.2) is 4.79 Å². The lowest BCUT2D eigenvalue weighted by atomic mass is 10.1. The molecule has 134 valence electrons. The van der Waals surface area contributed by atoms with Gasteiger partial charge in [-0.05, 0) is 24.6 Å². The smallest absolute Gasteiger partial charge is 0.417 e. The van der Waals surface area contributed by atoms with Gasteiger partial charge in [0, 0.05) is 23.1 Å². The van der Waals surface area contributed by atoms with Gasteiger partial charge in [0.15, 0.2) is 5.78 Å². The monoisotopic (exact) mass is 362 g/mol. The fraction of sp³-hybridized carbons (Fsp3) is 0.158. The van der Waals surface area contributed by atoms with Crippen LogP contribution in [0.4, 0.5) is 13.2 Å². The fourth-order valence-electron chi connectivity index (χ4n) is 2.47. The van der Waals surface area contributed by atoms with E-state index >= 15 is 0 Å². The van der Waals surface area contributed by atoms with E-state index in [0.717, 1.165) is 5.56 Å². The van der Waals surface area contributed by atoms with E-state index in [0.29, 0.717) is 11.6 Å². The minimum Gasteiger partial charge on any atom is -0.489 e. The highest BCUT2D eigenvalue weighted by Crippen LogP contribution is 2.34. The number of benzene rings is 2. The van der Waals surface area contributed by atoms with Crippen LogP contribution < -0.4 is 10.4 Å². The summed E-state index contributed by atoms with van der Waals surface area (Å²) < 4.78 is 49.5. The van der Waals surface area contributed by atoms with Gasteiger partial charge in [-0.1, -0.05) is 24.3 Å². The van der Waals surface area contributed by atoms with Crippen molar-refractivity contribution in [3.8, 4) is 5.75 Å². The van der Waals surface area contributed by atoms with E-state index in [9.17, 15) is 22.8 Å². The standard InChI is InChI=1S/C19H13F3O4/c1-11(23)13-4-2-12(3-5-13)10-25-14-6-7-15-16(19(20,21)22)9-18(24)26-17(15)8-14/h2-9H,10H2,1H3. The summed E-state index contributed by atoms with van der Waals surface area (Å²) in [5, 5.41) is -0.213. The van der Waals surface area contributed by atoms with Crippen molar-refractivity contribution < 1.29 is 27.1 Å². The first kappa shape index (κ1) is 17.7. The summed E-state index contributed by atoms with van der Waals surface area (Å²) in [6.07, 6.45) is -4.66. The van der Waals surface area contributed by atoms with Gasteiger partial charge >= 0.3 is 11.8 Å². The average molecular weight is 362 g/mol. The van der Waals surface area contributed by atoms with Crippen LogP contribution in [-0.2, 0) is 12.8 Å². The van der Waals surface area contributed by atoms with Crippen molar-refractivity contribution in [3.05, 3.63) is 75.6 Å². The normalized spacial score (nSPS) is 11.5. The Kier molecular flexibility index (Phi) is 4.54. The van der Waals surface area contributed by atoms with Gasteiger partial charge in [0.25, 0.3) is 0 Å². The summed E-state index contributed by atoms with van der Waals surface area (Å²) in [7, 11) is 0. The molecule has 26 heavy (non-hydrogen) atoms. The Hall–Kier alpha value is -3.09. The summed E-state index contributed by atoms with van der Waals surface area (Å²) in [5.41, 5.74) is -0.979. The van der Waals surface area contributed by atoms with Gasteiger partial charge in [0.2, 0.25) is 0 Å². The number of ether oxygens (including phenoxy) is 1. The fourth-order valence-corrected chi connectivity index (χ4v) is 2.47. The summed E-state index contributed by atoms with van der Waals surface area (Å²) in [4.78, 5) is 22.6. The Morgan fingerprint density at radius 1 is 1.08 bits per heavy atom. The number of carbonyl (C=O) groups is 1. The lowest BCUT2D eigenvalue weighted by molar-refractivity contribution is -0.136. The molecule has 0 aliphatic rings. The third kappa shape index (κ3) is 3.77. The Morgan fingerprint density at radius 3 is 2.38 bits per heavy atom. The molecule has 4 nitrogen and oxygen atoms in total. The molecule has 1 aromatic heterocycles. The van der Waals surface area contributed by atoms with Crippen LogP contribution >= 0.6 is 0 Å². The Morgan fingerprint density at radius 2 is 1.77 bits per heavy atom. The molecule has 3 aromatic rings. The number of hydrogen-bond donors (Lipinski definition) is 0. The van der Waals surface area contributed by atoms with Crippen molar-refractivity contribution in [2.45, 2.75) is 19.7 Å². The second kappa shape index (κ2) is 6.67. The topological polar surface area (TPSA) is 56.5 Å². The first-order valence-corrected chi connectivity index (χ1v) is 7.62. The molecule has 0 atom stereocenters. The highest BCUT2D eigenvalue weighted by molar-refractivity contribution is 5.94. The highest BCUT2D eigenvalue weighted by Gasteiger charge is 2.33. The van der Waals surface area contributed by atoms with Gasteiger partial charge in [0.1, 0.15) is 17.9 Å². The van der Waals surface area contributed by atoms with Crippen LogP contribution in [0.1, 0.15) is 28.4 Å². The van der Waals surface area contributed by atoms with Gasteiger partial charge in [-0.15, -0.1) is 0 Å². The van der Waals surface area contributed by atoms with Gasteiger partial charge in [-0.3, -0.25) is 4.79 Å². The molecule has 0 N–H and O–H groups in total. The number of carbonyl (C=O) groups excluding carboxylic acids is 1. The van der Waals surface area contributed by atoms with Crippen LogP contribution in [0.3, 0.4) is 0 Å². The molecular weight excluding hydrogens is 349 g/mol. The lowest BCUT2D eigenvalue weighted by Gasteiger charge is -2.11. The maximum Gasteiger partial charge on any atom is 0.417 e. The van der Waals surface area contributed by atoms with Crippen molar-refractivity contribution >= 4 is 16.8 Å². The van der Waals surface area contributed by atoms with Crippen LogP contribution in [0.2, 0.25) is 0 Å². The van der Waals surface area contributed by atoms with E-state index in [2.05, 4.69) is 0 Å². The molecule has 0 unspecified atom stereocenters. The van der Waals surface area contributed by atoms with Crippen molar-refractivity contribution in [2.24, 2.45) is 0 Å². The number of alkyl halides is 3. The van der Waals surface area contributed by atoms with Crippen LogP contribution in [0, 0.1) is 0 Å². The molecule has 0 saturated heterocycles. The molecule has 0 radical (unpaired) electrons. The molecule has 0 spiro atoms. The molecule has 1 heterocycles. The molecule has 3 rings (SSSR count). The van der Waals surface area contributed by atoms with Crippen LogP contribution in [-0.4, -0.2) is 5.78 Å². The summed E-state index contributed by atoms with van der Waals surface area (Å²) in [6.45, 7) is 1.61. The SMILES string of the molecule is CC(=O)c1ccc(COc2ccc3c(C(F)(F)F)cc(=O)oc3c2)cc1. The average Bonchev–Trinajstić information content (AvgIpc) is 2.58. The van der Waals surface area contributed by atoms with Gasteiger partial charge in [0.05, 0.1) is 5.56 Å². The third-order valence-electron chi connectivity index (χ3n) is 3.79. The van der Waals surface area contributed by atoms with E-state index in [1.807, 2.05) is 0 Å². The number of halogens is 3. The Bertz CT molecular complexity index is 1020. The first-order valence-electron chi connectivity index (χ1n) is 7.62. The van der Waals surface area contributed by atoms with Gasteiger partial charge < -0.3 is 9.15 Å². The molecule has 0 fully saturated rings. The van der Waals surface area contributed by atoms with Crippen LogP contribution in [0.15, 0.2) is 57.7 Å². The molecule has 2 aromatic carbocycles. The summed E-state index contributed by atoms with van der Waals surface area (Å²) in [6, 6.07) is 11.0. The minimum absolute atomic E-state index is 0.0532. The number of rotatable bonds is 4. The number of Topliss-reactive ketones (excluding diaryl/α,β-unsaturated/α-hetero) is 1. The van der Waals surface area contributed by atoms with Crippen molar-refractivity contribution in [1.29, 1.82) is 0 Å². The Balaban J connectivity index is 1.85. The van der Waals surface area contributed by atoms with Crippen molar-refractivity contribution in [2.75, 3.05) is 0 Å². The molecule has 0 amide bonds. The zero-order valence-corrected chi connectivity index (χ0v) is 13.6. The zero-order valence-electron chi connectivity index (χ0n) is 13.6. The molecule has 7 heteroatoms. The van der Waals surface area contributed by atoms with E-state index in [1.165, 1.54) is 25.1 Å². The number of hydrogen-bond acceptors (Lipinski definition) is 4. The molecule has 0 bridgehead atoms. The molecule has 0 aliphatic heterocycles. The van der Waals surface area contributed by atoms with Crippen molar-refractivity contribution in [1.82, 2.24) is 0 Å². The Labute approximate surface area is 145 Å². The van der Waals surface area contributed by atoms with Crippen LogP contribution in [0.5, 0.6) is 5.75 Å². The number of fused-ring (bicyclic) bond motifs is 1. The number of ketones is 1. The predicted molar refractivity (Wildman–Crippen MR) is 88.3 cm³/mol.